The van der Waals surface area contributed by atoms with Gasteiger partial charge in [0.15, 0.2) is 0 Å². The fourth-order valence-corrected chi connectivity index (χ4v) is 1.01. The Kier molecular flexibility index (Phi) is 18.9. The number of ether oxygens (including phenoxy) is 1. The van der Waals surface area contributed by atoms with E-state index in [1.54, 1.807) is 0 Å². The van der Waals surface area contributed by atoms with Crippen LogP contribution in [0.5, 0.6) is 0 Å². The first-order valence-corrected chi connectivity index (χ1v) is 4.99. The smallest absolute Gasteiger partial charge is 0.0466 e. The number of hydrogen-bond donors (Lipinski definition) is 0. The van der Waals surface area contributed by atoms with Gasteiger partial charge in [0, 0.05) is 45.9 Å². The minimum Gasteiger partial charge on any atom is -0.381 e. The summed E-state index contributed by atoms with van der Waals surface area (Å²) in [4.78, 5) is 0. The zero-order chi connectivity index (χ0) is 8.36. The van der Waals surface area contributed by atoms with E-state index in [0.29, 0.717) is 0 Å². The Morgan fingerprint density at radius 3 is 1.50 bits per heavy atom. The average molecular weight is 247 g/mol. The van der Waals surface area contributed by atoms with Gasteiger partial charge in [0.2, 0.25) is 0 Å². The maximum atomic E-state index is 5.44. The minimum atomic E-state index is 0. The van der Waals surface area contributed by atoms with Gasteiger partial charge >= 0.3 is 0 Å². The van der Waals surface area contributed by atoms with Crippen molar-refractivity contribution in [1.82, 2.24) is 0 Å². The minimum absolute atomic E-state index is 0. The van der Waals surface area contributed by atoms with E-state index in [1.807, 2.05) is 0 Å². The van der Waals surface area contributed by atoms with Crippen molar-refractivity contribution in [2.45, 2.75) is 52.4 Å². The van der Waals surface area contributed by atoms with E-state index < -0.39 is 0 Å². The topological polar surface area (TPSA) is 9.23 Å². The van der Waals surface area contributed by atoms with Crippen molar-refractivity contribution in [3.8, 4) is 0 Å². The third-order valence-electron chi connectivity index (χ3n) is 1.78. The molecule has 71 valence electrons. The molecule has 0 N–H and O–H groups in total. The molecule has 0 bridgehead atoms. The summed E-state index contributed by atoms with van der Waals surface area (Å²) in [5.41, 5.74) is 0. The van der Waals surface area contributed by atoms with Crippen LogP contribution >= 0.6 is 0 Å². The Labute approximate surface area is 103 Å². The molecular weight excluding hydrogens is 225 g/mol. The molecule has 0 aliphatic heterocycles. The Balaban J connectivity index is 0. The van der Waals surface area contributed by atoms with Crippen molar-refractivity contribution in [1.29, 1.82) is 0 Å². The Bertz CT molecular complexity index is 58.9. The molecule has 2 heteroatoms. The van der Waals surface area contributed by atoms with Crippen LogP contribution in [0.4, 0.5) is 0 Å². The molecule has 0 aromatic rings. The zero-order valence-corrected chi connectivity index (χ0v) is 11.5. The van der Waals surface area contributed by atoms with Crippen LogP contribution in [-0.4, -0.2) is 13.2 Å². The van der Waals surface area contributed by atoms with Crippen molar-refractivity contribution in [2.24, 2.45) is 0 Å². The first-order valence-electron chi connectivity index (χ1n) is 4.99. The van der Waals surface area contributed by atoms with Crippen LogP contribution in [0.15, 0.2) is 0 Å². The summed E-state index contributed by atoms with van der Waals surface area (Å²) < 4.78 is 5.44. The molecule has 1 radical (unpaired) electrons. The van der Waals surface area contributed by atoms with Crippen LogP contribution in [0.25, 0.3) is 0 Å². The molecule has 0 unspecified atom stereocenters. The molecule has 1 nitrogen and oxygen atoms in total. The molecule has 0 fully saturated rings. The predicted octanol–water partition coefficient (Wildman–Crippen LogP) is 3.38. The third-order valence-corrected chi connectivity index (χ3v) is 1.78. The van der Waals surface area contributed by atoms with Crippen LogP contribution in [0.1, 0.15) is 52.4 Å². The molecule has 0 heterocycles. The van der Waals surface area contributed by atoms with Gasteiger partial charge in [-0.1, -0.05) is 39.5 Å². The van der Waals surface area contributed by atoms with E-state index in [4.69, 9.17) is 4.74 Å². The summed E-state index contributed by atoms with van der Waals surface area (Å²) in [6.07, 6.45) is 7.68. The van der Waals surface area contributed by atoms with Crippen LogP contribution in [-0.2, 0) is 37.4 Å². The number of unbranched alkanes of at least 4 members (excludes halogenated alkanes) is 4. The fourth-order valence-electron chi connectivity index (χ4n) is 1.01. The SMILES string of the molecule is CCCCCOCCCCC.[Y]. The second-order valence-corrected chi connectivity index (χ2v) is 3.03. The maximum absolute atomic E-state index is 5.44. The third kappa shape index (κ3) is 13.6. The van der Waals surface area contributed by atoms with E-state index >= 15 is 0 Å². The summed E-state index contributed by atoms with van der Waals surface area (Å²) in [5, 5.41) is 0. The molecule has 12 heavy (non-hydrogen) atoms. The maximum Gasteiger partial charge on any atom is 0.0466 e. The van der Waals surface area contributed by atoms with Gasteiger partial charge in [-0.2, -0.15) is 0 Å². The van der Waals surface area contributed by atoms with Crippen LogP contribution in [0, 0.1) is 0 Å². The van der Waals surface area contributed by atoms with E-state index in [0.717, 1.165) is 13.2 Å². The Morgan fingerprint density at radius 2 is 1.17 bits per heavy atom. The quantitative estimate of drug-likeness (QED) is 0.597. The molecule has 0 aromatic carbocycles. The van der Waals surface area contributed by atoms with E-state index in [-0.39, 0.29) is 32.7 Å². The van der Waals surface area contributed by atoms with Gasteiger partial charge in [0.05, 0.1) is 0 Å². The molecule has 0 aliphatic rings. The summed E-state index contributed by atoms with van der Waals surface area (Å²) in [6.45, 7) is 6.38. The van der Waals surface area contributed by atoms with Gasteiger partial charge in [-0.25, -0.2) is 0 Å². The summed E-state index contributed by atoms with van der Waals surface area (Å²) in [5.74, 6) is 0. The van der Waals surface area contributed by atoms with Crippen molar-refractivity contribution < 1.29 is 37.4 Å². The number of rotatable bonds is 8. The number of hydrogen-bond acceptors (Lipinski definition) is 1. The van der Waals surface area contributed by atoms with Crippen LogP contribution in [0.2, 0.25) is 0 Å². The molecule has 0 aliphatic carbocycles. The van der Waals surface area contributed by atoms with Crippen molar-refractivity contribution in [3.63, 3.8) is 0 Å². The summed E-state index contributed by atoms with van der Waals surface area (Å²) >= 11 is 0. The van der Waals surface area contributed by atoms with Crippen LogP contribution < -0.4 is 0 Å². The largest absolute Gasteiger partial charge is 0.381 e. The Morgan fingerprint density at radius 1 is 0.750 bits per heavy atom. The second-order valence-electron chi connectivity index (χ2n) is 3.03. The van der Waals surface area contributed by atoms with Crippen LogP contribution in [0.3, 0.4) is 0 Å². The molecule has 0 saturated heterocycles. The Hall–Kier alpha value is 1.06. The van der Waals surface area contributed by atoms with Gasteiger partial charge in [-0.05, 0) is 12.8 Å². The van der Waals surface area contributed by atoms with Crippen molar-refractivity contribution in [3.05, 3.63) is 0 Å². The molecule has 0 aromatic heterocycles. The molecule has 0 amide bonds. The molecule has 0 atom stereocenters. The predicted molar refractivity (Wildman–Crippen MR) is 49.9 cm³/mol. The summed E-state index contributed by atoms with van der Waals surface area (Å²) in [6, 6.07) is 0. The van der Waals surface area contributed by atoms with Crippen molar-refractivity contribution in [2.75, 3.05) is 13.2 Å². The monoisotopic (exact) mass is 247 g/mol. The van der Waals surface area contributed by atoms with Crippen molar-refractivity contribution >= 4 is 0 Å². The van der Waals surface area contributed by atoms with E-state index in [9.17, 15) is 0 Å². The van der Waals surface area contributed by atoms with Gasteiger partial charge in [0.25, 0.3) is 0 Å². The van der Waals surface area contributed by atoms with Gasteiger partial charge in [-0.15, -0.1) is 0 Å². The van der Waals surface area contributed by atoms with Gasteiger partial charge < -0.3 is 4.74 Å². The second kappa shape index (κ2) is 14.6. The first kappa shape index (κ1) is 15.5. The van der Waals surface area contributed by atoms with E-state index in [2.05, 4.69) is 13.8 Å². The molecule has 0 saturated carbocycles. The zero-order valence-electron chi connectivity index (χ0n) is 8.64. The first-order chi connectivity index (χ1) is 5.41. The standard InChI is InChI=1S/C10H22O.Y/c1-3-5-7-9-11-10-8-6-4-2;/h3-10H2,1-2H3;. The van der Waals surface area contributed by atoms with Gasteiger partial charge in [-0.3, -0.25) is 0 Å². The molecule has 0 spiro atoms. The van der Waals surface area contributed by atoms with E-state index in [1.165, 1.54) is 38.5 Å². The normalized spacial score (nSPS) is 9.50. The van der Waals surface area contributed by atoms with Gasteiger partial charge in [0.1, 0.15) is 0 Å². The average Bonchev–Trinajstić information content (AvgIpc) is 2.03. The molecular formula is C10H22OY. The summed E-state index contributed by atoms with van der Waals surface area (Å²) in [7, 11) is 0. The fraction of sp³-hybridized carbons (Fsp3) is 1.00. The molecule has 0 rings (SSSR count).